The van der Waals surface area contributed by atoms with Crippen LogP contribution in [0.5, 0.6) is 0 Å². The van der Waals surface area contributed by atoms with Crippen molar-refractivity contribution in [2.24, 2.45) is 0 Å². The van der Waals surface area contributed by atoms with E-state index >= 15 is 0 Å². The summed E-state index contributed by atoms with van der Waals surface area (Å²) in [5.41, 5.74) is 4.41. The number of amides is 1. The molecule has 0 aliphatic rings. The Morgan fingerprint density at radius 3 is 2.34 bits per heavy atom. The van der Waals surface area contributed by atoms with Crippen molar-refractivity contribution in [2.45, 2.75) is 72.4 Å². The van der Waals surface area contributed by atoms with Crippen LogP contribution in [0, 0.1) is 0 Å². The van der Waals surface area contributed by atoms with Crippen molar-refractivity contribution in [1.29, 1.82) is 0 Å². The standard InChI is InChI=1S/C31H36N4O3/c1-6-10-27-32-25-18-19-26(33-28(36)11-7-2)34-29(25)35(27)20-21-14-16-22(17-15-21)23-12-8-9-13-24(23)30(37)38-31(3,4)5/h8-9,12-19H,6-7,10-11,20H2,1-5H3,(H,33,34,36). The summed E-state index contributed by atoms with van der Waals surface area (Å²) in [5.74, 6) is 1.13. The van der Waals surface area contributed by atoms with E-state index in [0.717, 1.165) is 52.9 Å². The van der Waals surface area contributed by atoms with Gasteiger partial charge in [-0.25, -0.2) is 14.8 Å². The van der Waals surface area contributed by atoms with E-state index in [4.69, 9.17) is 14.7 Å². The summed E-state index contributed by atoms with van der Waals surface area (Å²) < 4.78 is 7.74. The summed E-state index contributed by atoms with van der Waals surface area (Å²) in [4.78, 5) is 34.5. The molecule has 0 unspecified atom stereocenters. The molecule has 0 fully saturated rings. The van der Waals surface area contributed by atoms with E-state index in [1.807, 2.05) is 64.1 Å². The lowest BCUT2D eigenvalue weighted by molar-refractivity contribution is -0.116. The zero-order valence-corrected chi connectivity index (χ0v) is 22.9. The third-order valence-corrected chi connectivity index (χ3v) is 6.04. The van der Waals surface area contributed by atoms with E-state index in [0.29, 0.717) is 24.3 Å². The molecule has 4 aromatic rings. The van der Waals surface area contributed by atoms with Gasteiger partial charge >= 0.3 is 5.97 Å². The number of hydrogen-bond acceptors (Lipinski definition) is 5. The van der Waals surface area contributed by atoms with Crippen molar-refractivity contribution in [1.82, 2.24) is 14.5 Å². The molecule has 2 heterocycles. The molecule has 1 amide bonds. The minimum Gasteiger partial charge on any atom is -0.456 e. The molecule has 0 bridgehead atoms. The van der Waals surface area contributed by atoms with Crippen molar-refractivity contribution in [3.8, 4) is 11.1 Å². The van der Waals surface area contributed by atoms with Crippen LogP contribution in [0.1, 0.15) is 75.6 Å². The average molecular weight is 513 g/mol. The summed E-state index contributed by atoms with van der Waals surface area (Å²) in [7, 11) is 0. The van der Waals surface area contributed by atoms with E-state index in [1.165, 1.54) is 0 Å². The molecule has 2 aromatic carbocycles. The first kappa shape index (κ1) is 27.0. The maximum absolute atomic E-state index is 12.8. The summed E-state index contributed by atoms with van der Waals surface area (Å²) in [6.45, 7) is 10.3. The highest BCUT2D eigenvalue weighted by Gasteiger charge is 2.21. The van der Waals surface area contributed by atoms with Crippen LogP contribution in [0.3, 0.4) is 0 Å². The summed E-state index contributed by atoms with van der Waals surface area (Å²) in [6.07, 6.45) is 3.04. The average Bonchev–Trinajstić information content (AvgIpc) is 3.20. The Morgan fingerprint density at radius 2 is 1.66 bits per heavy atom. The van der Waals surface area contributed by atoms with E-state index in [9.17, 15) is 9.59 Å². The van der Waals surface area contributed by atoms with Gasteiger partial charge in [0.25, 0.3) is 0 Å². The lowest BCUT2D eigenvalue weighted by atomic mass is 9.98. The highest BCUT2D eigenvalue weighted by molar-refractivity contribution is 5.97. The topological polar surface area (TPSA) is 86.1 Å². The number of nitrogens with one attached hydrogen (secondary N) is 1. The van der Waals surface area contributed by atoms with Crippen molar-refractivity contribution in [3.05, 3.63) is 77.6 Å². The van der Waals surface area contributed by atoms with Gasteiger partial charge < -0.3 is 14.6 Å². The molecule has 38 heavy (non-hydrogen) atoms. The van der Waals surface area contributed by atoms with Gasteiger partial charge in [-0.3, -0.25) is 4.79 Å². The summed E-state index contributed by atoms with van der Waals surface area (Å²) >= 11 is 0. The normalized spacial score (nSPS) is 11.5. The maximum Gasteiger partial charge on any atom is 0.339 e. The molecule has 0 spiro atoms. The molecule has 0 radical (unpaired) electrons. The molecule has 7 nitrogen and oxygen atoms in total. The second kappa shape index (κ2) is 11.6. The molecule has 0 aliphatic carbocycles. The smallest absolute Gasteiger partial charge is 0.339 e. The SMILES string of the molecule is CCCC(=O)Nc1ccc2nc(CCC)n(Cc3ccc(-c4ccccc4C(=O)OC(C)(C)C)cc3)c2n1. The number of imidazole rings is 1. The number of ether oxygens (including phenoxy) is 1. The molecule has 0 saturated carbocycles. The Balaban J connectivity index is 1.63. The Bertz CT molecular complexity index is 1430. The van der Waals surface area contributed by atoms with Gasteiger partial charge in [0.2, 0.25) is 5.91 Å². The molecule has 4 rings (SSSR count). The van der Waals surface area contributed by atoms with Gasteiger partial charge in [0, 0.05) is 12.8 Å². The molecule has 198 valence electrons. The molecule has 1 N–H and O–H groups in total. The molecular formula is C31H36N4O3. The van der Waals surface area contributed by atoms with E-state index < -0.39 is 5.60 Å². The highest BCUT2D eigenvalue weighted by atomic mass is 16.6. The number of nitrogens with zero attached hydrogens (tertiary/aromatic N) is 3. The Hall–Kier alpha value is -4.00. The van der Waals surface area contributed by atoms with Crippen LogP contribution in [0.2, 0.25) is 0 Å². The number of benzene rings is 2. The number of hydrogen-bond donors (Lipinski definition) is 1. The third kappa shape index (κ3) is 6.46. The lowest BCUT2D eigenvalue weighted by Gasteiger charge is -2.20. The molecule has 0 aliphatic heterocycles. The van der Waals surface area contributed by atoms with Crippen LogP contribution in [-0.2, 0) is 22.5 Å². The number of pyridine rings is 1. The fraction of sp³-hybridized carbons (Fsp3) is 0.355. The van der Waals surface area contributed by atoms with Crippen LogP contribution in [0.15, 0.2) is 60.7 Å². The predicted octanol–water partition coefficient (Wildman–Crippen LogP) is 6.79. The van der Waals surface area contributed by atoms with Crippen molar-refractivity contribution in [3.63, 3.8) is 0 Å². The number of anilines is 1. The molecule has 0 atom stereocenters. The lowest BCUT2D eigenvalue weighted by Crippen LogP contribution is -2.24. The number of aryl methyl sites for hydroxylation is 1. The van der Waals surface area contributed by atoms with E-state index in [-0.39, 0.29) is 11.9 Å². The van der Waals surface area contributed by atoms with Gasteiger partial charge in [0.1, 0.15) is 22.8 Å². The number of fused-ring (bicyclic) bond motifs is 1. The Kier molecular flexibility index (Phi) is 8.25. The van der Waals surface area contributed by atoms with Crippen LogP contribution in [0.25, 0.3) is 22.3 Å². The summed E-state index contributed by atoms with van der Waals surface area (Å²) in [5, 5.41) is 2.89. The summed E-state index contributed by atoms with van der Waals surface area (Å²) in [6, 6.07) is 19.4. The molecule has 7 heteroatoms. The van der Waals surface area contributed by atoms with Crippen molar-refractivity contribution >= 4 is 28.9 Å². The monoisotopic (exact) mass is 512 g/mol. The van der Waals surface area contributed by atoms with Crippen molar-refractivity contribution in [2.75, 3.05) is 5.32 Å². The van der Waals surface area contributed by atoms with E-state index in [1.54, 1.807) is 12.1 Å². The van der Waals surface area contributed by atoms with Crippen molar-refractivity contribution < 1.29 is 14.3 Å². The number of rotatable bonds is 9. The number of aromatic nitrogens is 3. The van der Waals surface area contributed by atoms with Crippen LogP contribution in [0.4, 0.5) is 5.82 Å². The second-order valence-corrected chi connectivity index (χ2v) is 10.4. The van der Waals surface area contributed by atoms with Gasteiger partial charge in [-0.1, -0.05) is 56.3 Å². The maximum atomic E-state index is 12.8. The molecular weight excluding hydrogens is 476 g/mol. The van der Waals surface area contributed by atoms with Crippen LogP contribution >= 0.6 is 0 Å². The zero-order chi connectivity index (χ0) is 27.3. The van der Waals surface area contributed by atoms with Crippen LogP contribution < -0.4 is 5.32 Å². The first-order chi connectivity index (χ1) is 18.2. The van der Waals surface area contributed by atoms with Gasteiger partial charge in [0.05, 0.1) is 12.1 Å². The fourth-order valence-electron chi connectivity index (χ4n) is 4.35. The van der Waals surface area contributed by atoms with E-state index in [2.05, 4.69) is 28.9 Å². The Morgan fingerprint density at radius 1 is 0.921 bits per heavy atom. The number of carbonyl (C=O) groups is 2. The quantitative estimate of drug-likeness (QED) is 0.249. The zero-order valence-electron chi connectivity index (χ0n) is 22.9. The molecule has 0 saturated heterocycles. The third-order valence-electron chi connectivity index (χ3n) is 6.04. The van der Waals surface area contributed by atoms with Gasteiger partial charge in [-0.2, -0.15) is 0 Å². The van der Waals surface area contributed by atoms with Gasteiger partial charge in [-0.15, -0.1) is 0 Å². The fourth-order valence-corrected chi connectivity index (χ4v) is 4.35. The minimum atomic E-state index is -0.565. The number of carbonyl (C=O) groups excluding carboxylic acids is 2. The Labute approximate surface area is 224 Å². The number of esters is 1. The first-order valence-corrected chi connectivity index (χ1v) is 13.3. The molecule has 2 aromatic heterocycles. The highest BCUT2D eigenvalue weighted by Crippen LogP contribution is 2.27. The first-order valence-electron chi connectivity index (χ1n) is 13.3. The van der Waals surface area contributed by atoms with Gasteiger partial charge in [-0.05, 0) is 68.5 Å². The van der Waals surface area contributed by atoms with Gasteiger partial charge in [0.15, 0.2) is 5.65 Å². The minimum absolute atomic E-state index is 0.0403. The predicted molar refractivity (Wildman–Crippen MR) is 151 cm³/mol. The second-order valence-electron chi connectivity index (χ2n) is 10.4. The largest absolute Gasteiger partial charge is 0.456 e. The van der Waals surface area contributed by atoms with Crippen LogP contribution in [-0.4, -0.2) is 32.0 Å².